The van der Waals surface area contributed by atoms with Gasteiger partial charge in [-0.15, -0.1) is 0 Å². The first-order valence-electron chi connectivity index (χ1n) is 9.16. The van der Waals surface area contributed by atoms with Gasteiger partial charge in [-0.3, -0.25) is 0 Å². The predicted molar refractivity (Wildman–Crippen MR) is 112 cm³/mol. The molecule has 0 saturated carbocycles. The van der Waals surface area contributed by atoms with Gasteiger partial charge in [0.15, 0.2) is 5.58 Å². The van der Waals surface area contributed by atoms with Crippen molar-refractivity contribution in [1.29, 1.82) is 0 Å². The van der Waals surface area contributed by atoms with Crippen LogP contribution in [0.4, 0.5) is 0 Å². The van der Waals surface area contributed by atoms with Crippen LogP contribution in [-0.2, 0) is 9.31 Å². The molecular formula is C22H20BClO3. The van der Waals surface area contributed by atoms with Crippen LogP contribution in [0.15, 0.2) is 52.9 Å². The third-order valence-electron chi connectivity index (χ3n) is 5.96. The van der Waals surface area contributed by atoms with Crippen molar-refractivity contribution in [1.82, 2.24) is 0 Å². The molecule has 3 aromatic carbocycles. The minimum Gasteiger partial charge on any atom is -0.454 e. The number of fused-ring (bicyclic) bond motifs is 5. The van der Waals surface area contributed by atoms with E-state index in [9.17, 15) is 0 Å². The Labute approximate surface area is 163 Å². The number of benzene rings is 3. The van der Waals surface area contributed by atoms with E-state index in [-0.39, 0.29) is 0 Å². The second-order valence-electron chi connectivity index (χ2n) is 8.23. The van der Waals surface area contributed by atoms with Crippen molar-refractivity contribution in [2.45, 2.75) is 38.9 Å². The van der Waals surface area contributed by atoms with Crippen LogP contribution >= 0.6 is 11.6 Å². The summed E-state index contributed by atoms with van der Waals surface area (Å²) in [6.07, 6.45) is 0. The summed E-state index contributed by atoms with van der Waals surface area (Å²) in [6, 6.07) is 16.3. The SMILES string of the molecule is CC1(C)OB(c2cc(Cl)c3oc4ccc5ccccc5c4c3c2)OC1(C)C. The second kappa shape index (κ2) is 5.51. The molecule has 2 heterocycles. The van der Waals surface area contributed by atoms with Gasteiger partial charge in [0, 0.05) is 10.8 Å². The minimum atomic E-state index is -0.461. The fourth-order valence-electron chi connectivity index (χ4n) is 3.74. The van der Waals surface area contributed by atoms with Gasteiger partial charge in [-0.1, -0.05) is 48.0 Å². The first-order valence-corrected chi connectivity index (χ1v) is 9.54. The Bertz CT molecular complexity index is 1190. The van der Waals surface area contributed by atoms with Crippen molar-refractivity contribution in [2.75, 3.05) is 0 Å². The van der Waals surface area contributed by atoms with Crippen LogP contribution in [0, 0.1) is 0 Å². The zero-order valence-electron chi connectivity index (χ0n) is 15.8. The Kier molecular flexibility index (Phi) is 3.49. The highest BCUT2D eigenvalue weighted by Gasteiger charge is 2.51. The van der Waals surface area contributed by atoms with E-state index in [1.54, 1.807) is 0 Å². The quantitative estimate of drug-likeness (QED) is 0.399. The number of rotatable bonds is 1. The zero-order valence-corrected chi connectivity index (χ0v) is 16.6. The van der Waals surface area contributed by atoms with Crippen LogP contribution < -0.4 is 5.46 Å². The van der Waals surface area contributed by atoms with E-state index in [0.29, 0.717) is 10.6 Å². The van der Waals surface area contributed by atoms with Crippen LogP contribution in [-0.4, -0.2) is 18.3 Å². The largest absolute Gasteiger partial charge is 0.494 e. The monoisotopic (exact) mass is 378 g/mol. The van der Waals surface area contributed by atoms with Gasteiger partial charge in [-0.25, -0.2) is 0 Å². The Morgan fingerprint density at radius 1 is 0.852 bits per heavy atom. The Morgan fingerprint density at radius 2 is 1.56 bits per heavy atom. The van der Waals surface area contributed by atoms with Crippen LogP contribution in [0.3, 0.4) is 0 Å². The van der Waals surface area contributed by atoms with Crippen molar-refractivity contribution in [3.05, 3.63) is 53.6 Å². The number of hydrogen-bond acceptors (Lipinski definition) is 3. The molecule has 1 aliphatic heterocycles. The van der Waals surface area contributed by atoms with Crippen LogP contribution in [0.2, 0.25) is 5.02 Å². The lowest BCUT2D eigenvalue weighted by atomic mass is 9.78. The lowest BCUT2D eigenvalue weighted by Crippen LogP contribution is -2.41. The van der Waals surface area contributed by atoms with Gasteiger partial charge in [0.25, 0.3) is 0 Å². The molecule has 27 heavy (non-hydrogen) atoms. The first-order chi connectivity index (χ1) is 12.8. The van der Waals surface area contributed by atoms with E-state index in [1.807, 2.05) is 52.0 Å². The summed E-state index contributed by atoms with van der Waals surface area (Å²) >= 11 is 6.60. The van der Waals surface area contributed by atoms with Crippen molar-refractivity contribution in [3.63, 3.8) is 0 Å². The smallest absolute Gasteiger partial charge is 0.454 e. The molecule has 4 aromatic rings. The maximum atomic E-state index is 6.60. The van der Waals surface area contributed by atoms with Crippen molar-refractivity contribution in [3.8, 4) is 0 Å². The maximum absolute atomic E-state index is 6.60. The normalized spacial score (nSPS) is 18.8. The molecule has 1 aliphatic rings. The van der Waals surface area contributed by atoms with E-state index >= 15 is 0 Å². The summed E-state index contributed by atoms with van der Waals surface area (Å²) in [7, 11) is -0.461. The molecule has 1 fully saturated rings. The molecule has 0 atom stereocenters. The zero-order chi connectivity index (χ0) is 19.0. The van der Waals surface area contributed by atoms with Gasteiger partial charge in [0.2, 0.25) is 0 Å². The van der Waals surface area contributed by atoms with Crippen LogP contribution in [0.1, 0.15) is 27.7 Å². The number of furan rings is 1. The fourth-order valence-corrected chi connectivity index (χ4v) is 4.01. The summed E-state index contributed by atoms with van der Waals surface area (Å²) in [5, 5.41) is 4.95. The van der Waals surface area contributed by atoms with Gasteiger partial charge in [-0.05, 0) is 56.1 Å². The molecule has 136 valence electrons. The highest BCUT2D eigenvalue weighted by molar-refractivity contribution is 6.63. The van der Waals surface area contributed by atoms with Crippen molar-refractivity contribution in [2.24, 2.45) is 0 Å². The predicted octanol–water partition coefficient (Wildman–Crippen LogP) is 5.69. The topological polar surface area (TPSA) is 31.6 Å². The summed E-state index contributed by atoms with van der Waals surface area (Å²) in [4.78, 5) is 0. The number of halogens is 1. The van der Waals surface area contributed by atoms with Crippen LogP contribution in [0.25, 0.3) is 32.7 Å². The van der Waals surface area contributed by atoms with E-state index in [1.165, 1.54) is 5.39 Å². The molecule has 1 aromatic heterocycles. The molecule has 0 amide bonds. The Hall–Kier alpha value is -2.01. The van der Waals surface area contributed by atoms with Gasteiger partial charge in [0.05, 0.1) is 16.2 Å². The fraction of sp³-hybridized carbons (Fsp3) is 0.273. The number of hydrogen-bond donors (Lipinski definition) is 0. The molecule has 0 radical (unpaired) electrons. The van der Waals surface area contributed by atoms with E-state index in [4.69, 9.17) is 25.3 Å². The van der Waals surface area contributed by atoms with Gasteiger partial charge in [0.1, 0.15) is 5.58 Å². The summed E-state index contributed by atoms with van der Waals surface area (Å²) in [5.41, 5.74) is 1.64. The van der Waals surface area contributed by atoms with E-state index in [2.05, 4.69) is 24.3 Å². The van der Waals surface area contributed by atoms with Gasteiger partial charge in [-0.2, -0.15) is 0 Å². The third-order valence-corrected chi connectivity index (χ3v) is 6.24. The molecule has 0 bridgehead atoms. The Morgan fingerprint density at radius 3 is 2.30 bits per heavy atom. The second-order valence-corrected chi connectivity index (χ2v) is 8.64. The molecule has 0 unspecified atom stereocenters. The highest BCUT2D eigenvalue weighted by Crippen LogP contribution is 2.39. The molecule has 5 rings (SSSR count). The molecule has 1 saturated heterocycles. The summed E-state index contributed by atoms with van der Waals surface area (Å²) < 4.78 is 18.5. The Balaban J connectivity index is 1.77. The molecule has 0 N–H and O–H groups in total. The average molecular weight is 379 g/mol. The van der Waals surface area contributed by atoms with Crippen LogP contribution in [0.5, 0.6) is 0 Å². The van der Waals surface area contributed by atoms with Crippen molar-refractivity contribution < 1.29 is 13.7 Å². The molecule has 5 heteroatoms. The minimum absolute atomic E-state index is 0.399. The highest BCUT2D eigenvalue weighted by atomic mass is 35.5. The average Bonchev–Trinajstić information content (AvgIpc) is 3.10. The summed E-state index contributed by atoms with van der Waals surface area (Å²) in [6.45, 7) is 8.20. The molecule has 0 spiro atoms. The van der Waals surface area contributed by atoms with Gasteiger partial charge < -0.3 is 13.7 Å². The molecule has 0 aliphatic carbocycles. The maximum Gasteiger partial charge on any atom is 0.494 e. The third kappa shape index (κ3) is 2.44. The molecular weight excluding hydrogens is 359 g/mol. The van der Waals surface area contributed by atoms with Crippen molar-refractivity contribution >= 4 is 56.9 Å². The van der Waals surface area contributed by atoms with Gasteiger partial charge >= 0.3 is 7.12 Å². The summed E-state index contributed by atoms with van der Waals surface area (Å²) in [5.74, 6) is 0. The lowest BCUT2D eigenvalue weighted by Gasteiger charge is -2.32. The lowest BCUT2D eigenvalue weighted by molar-refractivity contribution is 0.00578. The first kappa shape index (κ1) is 17.1. The van der Waals surface area contributed by atoms with E-state index < -0.39 is 18.3 Å². The standard InChI is InChI=1S/C22H20BClO3/c1-21(2)22(3,4)27-23(26-21)14-11-16-19-15-8-6-5-7-13(15)9-10-18(19)25-20(16)17(24)12-14/h5-12H,1-4H3. The molecule has 3 nitrogen and oxygen atoms in total. The van der Waals surface area contributed by atoms with E-state index in [0.717, 1.165) is 27.2 Å².